The van der Waals surface area contributed by atoms with E-state index in [4.69, 9.17) is 37.9 Å². The highest BCUT2D eigenvalue weighted by molar-refractivity contribution is 5.81. The minimum absolute atomic E-state index is 0. The molecule has 0 aliphatic heterocycles. The van der Waals surface area contributed by atoms with Crippen LogP contribution in [0.15, 0.2) is 85.1 Å². The average Bonchev–Trinajstić information content (AvgIpc) is 0.897. The number of nitrogens with zero attached hydrogens (tertiary/aromatic N) is 5. The van der Waals surface area contributed by atoms with Crippen molar-refractivity contribution >= 4 is 41.7 Å². The number of aromatic nitrogens is 1. The SMILES string of the molecule is C.C.C.C.C.C.C.C.C.C.C.C.C.C.CCC(C)(C)C(=O)N(C)C.CCC(C)(C)C(=O)OCCOc1ccccc1.CCC(C)(C)C(=O)OCCOc1ccccn1.CCC(C)(C)C(=O)OCN(C)C.CCC(C)C(=O)N(C)C.CCC(C)C(=O)OCCOc1ccccc1.CCC(C)C(=O)OCN(C)C. The summed E-state index contributed by atoms with van der Waals surface area (Å²) in [5.41, 5.74) is -1.38. The van der Waals surface area contributed by atoms with Crippen LogP contribution in [0.2, 0.25) is 0 Å². The van der Waals surface area contributed by atoms with Crippen molar-refractivity contribution in [1.82, 2.24) is 24.6 Å². The van der Waals surface area contributed by atoms with Crippen molar-refractivity contribution in [3.63, 3.8) is 0 Å². The molecule has 0 aliphatic carbocycles. The fourth-order valence-electron chi connectivity index (χ4n) is 5.73. The maximum atomic E-state index is 11.6. The summed E-state index contributed by atoms with van der Waals surface area (Å²) in [6.07, 6.45) is 7.45. The molecule has 0 saturated carbocycles. The summed E-state index contributed by atoms with van der Waals surface area (Å²) in [5, 5.41) is 0. The molecular weight excluding hydrogens is 1340 g/mol. The second-order valence-electron chi connectivity index (χ2n) is 25.4. The monoisotopic (exact) mass is 1520 g/mol. The van der Waals surface area contributed by atoms with E-state index in [0.717, 1.165) is 56.4 Å². The van der Waals surface area contributed by atoms with Gasteiger partial charge in [0.05, 0.1) is 28.1 Å². The predicted molar refractivity (Wildman–Crippen MR) is 462 cm³/mol. The van der Waals surface area contributed by atoms with E-state index in [9.17, 15) is 33.6 Å². The smallest absolute Gasteiger partial charge is 0.312 e. The van der Waals surface area contributed by atoms with Crippen molar-refractivity contribution in [2.24, 2.45) is 39.4 Å². The highest BCUT2D eigenvalue weighted by atomic mass is 16.6. The number of ether oxygens (including phenoxy) is 8. The summed E-state index contributed by atoms with van der Waals surface area (Å²) < 4.78 is 41.5. The number of pyridine rings is 1. The van der Waals surface area contributed by atoms with Gasteiger partial charge in [-0.25, -0.2) is 4.98 Å². The number of para-hydroxylation sites is 2. The van der Waals surface area contributed by atoms with Crippen LogP contribution in [0.25, 0.3) is 0 Å². The number of carbonyl (C=O) groups excluding carboxylic acids is 7. The molecule has 0 radical (unpaired) electrons. The van der Waals surface area contributed by atoms with Crippen molar-refractivity contribution in [2.75, 3.05) is 109 Å². The average molecular weight is 1530 g/mol. The fraction of sp³-hybridized carbons (Fsp3) is 0.721. The molecule has 640 valence electrons. The second-order valence-corrected chi connectivity index (χ2v) is 25.4. The van der Waals surface area contributed by atoms with Crippen molar-refractivity contribution in [2.45, 2.75) is 274 Å². The van der Waals surface area contributed by atoms with Crippen LogP contribution in [-0.2, 0) is 57.2 Å². The van der Waals surface area contributed by atoms with Gasteiger partial charge in [-0.15, -0.1) is 0 Å². The molecule has 106 heavy (non-hydrogen) atoms. The Kier molecular flexibility index (Phi) is 113. The zero-order valence-corrected chi connectivity index (χ0v) is 61.8. The number of carbonyl (C=O) groups is 7. The lowest BCUT2D eigenvalue weighted by atomic mass is 9.89. The highest BCUT2D eigenvalue weighted by Crippen LogP contribution is 2.24. The summed E-state index contributed by atoms with van der Waals surface area (Å²) >= 11 is 0. The molecule has 3 atom stereocenters. The Labute approximate surface area is 659 Å². The van der Waals surface area contributed by atoms with Crippen LogP contribution in [0.4, 0.5) is 0 Å². The van der Waals surface area contributed by atoms with Crippen molar-refractivity contribution < 1.29 is 71.5 Å². The lowest BCUT2D eigenvalue weighted by Crippen LogP contribution is -2.35. The summed E-state index contributed by atoms with van der Waals surface area (Å²) in [7, 11) is 14.6. The molecule has 20 heteroatoms. The van der Waals surface area contributed by atoms with E-state index in [2.05, 4.69) is 4.98 Å². The Morgan fingerprint density at radius 3 is 0.906 bits per heavy atom. The molecule has 20 nitrogen and oxygen atoms in total. The van der Waals surface area contributed by atoms with Crippen LogP contribution in [0.3, 0.4) is 0 Å². The zero-order valence-electron chi connectivity index (χ0n) is 61.8. The Bertz CT molecular complexity index is 2330. The number of hydrogen-bond donors (Lipinski definition) is 0. The molecule has 3 aromatic rings. The van der Waals surface area contributed by atoms with Gasteiger partial charge < -0.3 is 47.7 Å². The van der Waals surface area contributed by atoms with Gasteiger partial charge in [0.1, 0.15) is 64.6 Å². The van der Waals surface area contributed by atoms with Gasteiger partial charge in [-0.05, 0) is 145 Å². The minimum Gasteiger partial charge on any atom is -0.490 e. The Balaban J connectivity index is -0.0000000527. The highest BCUT2D eigenvalue weighted by Gasteiger charge is 2.29. The number of esters is 5. The number of rotatable bonds is 30. The van der Waals surface area contributed by atoms with Crippen LogP contribution in [0, 0.1) is 39.4 Å². The third-order valence-electron chi connectivity index (χ3n) is 14.5. The Morgan fingerprint density at radius 1 is 0.349 bits per heavy atom. The molecule has 3 unspecified atom stereocenters. The summed E-state index contributed by atoms with van der Waals surface area (Å²) in [5.74, 6) is 1.97. The van der Waals surface area contributed by atoms with Crippen molar-refractivity contribution in [3.05, 3.63) is 85.1 Å². The zero-order chi connectivity index (χ0) is 71.7. The van der Waals surface area contributed by atoms with E-state index >= 15 is 0 Å². The van der Waals surface area contributed by atoms with Crippen molar-refractivity contribution in [1.29, 1.82) is 0 Å². The number of benzene rings is 2. The first-order chi connectivity index (χ1) is 42.8. The maximum absolute atomic E-state index is 11.6. The first kappa shape index (κ1) is 145. The van der Waals surface area contributed by atoms with Crippen LogP contribution in [0.5, 0.6) is 17.4 Å². The van der Waals surface area contributed by atoms with Gasteiger partial charge in [-0.1, -0.05) is 230 Å². The second kappa shape index (κ2) is 82.3. The first-order valence-corrected chi connectivity index (χ1v) is 32.3. The molecule has 0 spiro atoms. The fourth-order valence-corrected chi connectivity index (χ4v) is 5.73. The molecule has 0 fully saturated rings. The largest absolute Gasteiger partial charge is 0.490 e. The lowest BCUT2D eigenvalue weighted by Gasteiger charge is -2.25. The van der Waals surface area contributed by atoms with Gasteiger partial charge in [0.15, 0.2) is 0 Å². The normalized spacial score (nSPS) is 10.2. The molecule has 1 aromatic heterocycles. The third kappa shape index (κ3) is 74.1. The first-order valence-electron chi connectivity index (χ1n) is 32.3. The summed E-state index contributed by atoms with van der Waals surface area (Å²) in [4.78, 5) is 90.2. The van der Waals surface area contributed by atoms with Gasteiger partial charge in [0.2, 0.25) is 17.7 Å². The molecule has 0 aliphatic rings. The molecule has 0 saturated heterocycles. The molecule has 1 heterocycles. The van der Waals surface area contributed by atoms with E-state index in [1.165, 1.54) is 0 Å². The Morgan fingerprint density at radius 2 is 0.642 bits per heavy atom. The summed E-state index contributed by atoms with van der Waals surface area (Å²) in [6.45, 7) is 37.5. The van der Waals surface area contributed by atoms with Gasteiger partial charge in [-0.3, -0.25) is 43.4 Å². The minimum atomic E-state index is -0.426. The van der Waals surface area contributed by atoms with Gasteiger partial charge in [0, 0.05) is 51.8 Å². The van der Waals surface area contributed by atoms with E-state index in [0.29, 0.717) is 45.8 Å². The van der Waals surface area contributed by atoms with Crippen LogP contribution in [-0.4, -0.2) is 176 Å². The standard InChI is InChI=1S/C14H20O3.C13H19NO3.C13H18O3.C9H19NO2.C8H17NO2.C8H17NO.C7H15NO.14CH4/c1-4-14(2,3)13(15)17-11-10-16-12-8-6-5-7-9-12;1-4-13(2,3)12(15)17-10-9-16-11-7-5-6-8-14-11;1-3-11(2)13(14)16-10-9-15-12-7-5-4-6-8-12;1-6-9(2,3)8(11)12-7-10(4)5;1-5-7(2)8(10)11-6-9(3)4;1-6-8(2,3)7(10)9(4)5;1-5-6(2)7(9)8(3)4;;;;;;;;;;;;;;/h5-9H,4,10-11H2,1-3H3;5-8H,4,9-10H2,1-3H3;4-8,11H,3,9-10H2,1-2H3;6-7H2,1-5H3;7H,5-6H2,1-4H3;6H2,1-5H3;6H,5H2,1-4H3;14*1H4. The van der Waals surface area contributed by atoms with Crippen LogP contribution in [0.1, 0.15) is 274 Å². The predicted octanol–water partition coefficient (Wildman–Crippen LogP) is 22.3. The van der Waals surface area contributed by atoms with E-state index < -0.39 is 10.8 Å². The van der Waals surface area contributed by atoms with Crippen LogP contribution >= 0.6 is 0 Å². The molecular formula is C86H181N5O15. The van der Waals surface area contributed by atoms with E-state index in [1.807, 2.05) is 235 Å². The van der Waals surface area contributed by atoms with Crippen molar-refractivity contribution in [3.8, 4) is 17.4 Å². The molecule has 2 amide bonds. The molecule has 2 aromatic carbocycles. The Hall–Kier alpha value is -6.80. The molecule has 0 N–H and O–H groups in total. The van der Waals surface area contributed by atoms with Gasteiger partial charge in [-0.2, -0.15) is 0 Å². The number of amides is 2. The topological polar surface area (TPSA) is 219 Å². The lowest BCUT2D eigenvalue weighted by molar-refractivity contribution is -0.158. The quantitative estimate of drug-likeness (QED) is 0.0262. The molecule has 0 bridgehead atoms. The van der Waals surface area contributed by atoms with E-state index in [1.54, 1.807) is 50.3 Å². The summed E-state index contributed by atoms with van der Waals surface area (Å²) in [6, 6.07) is 24.4. The van der Waals surface area contributed by atoms with E-state index in [-0.39, 0.29) is 187 Å². The molecule has 3 rings (SSSR count). The van der Waals surface area contributed by atoms with Crippen LogP contribution < -0.4 is 14.2 Å². The van der Waals surface area contributed by atoms with Gasteiger partial charge >= 0.3 is 29.8 Å². The maximum Gasteiger partial charge on any atom is 0.312 e. The third-order valence-corrected chi connectivity index (χ3v) is 14.5. The number of hydrogen-bond acceptors (Lipinski definition) is 18. The van der Waals surface area contributed by atoms with Gasteiger partial charge in [0.25, 0.3) is 0 Å².